The molecule has 4 N–H and O–H groups in total. The Labute approximate surface area is 221 Å². The third kappa shape index (κ3) is 13.4. The maximum Gasteiger partial charge on any atom is 0.302 e. The van der Waals surface area contributed by atoms with E-state index in [4.69, 9.17) is 24.0 Å². The summed E-state index contributed by atoms with van der Waals surface area (Å²) >= 11 is 0. The van der Waals surface area contributed by atoms with Crippen LogP contribution < -0.4 is 21.3 Å². The summed E-state index contributed by atoms with van der Waals surface area (Å²) in [4.78, 5) is 49.4. The number of carbonyl (C=O) groups is 4. The molecule has 0 unspecified atom stereocenters. The van der Waals surface area contributed by atoms with E-state index in [1.54, 1.807) is 0 Å². The molecule has 1 rings (SSSR count). The van der Waals surface area contributed by atoms with E-state index in [1.807, 2.05) is 0 Å². The lowest BCUT2D eigenvalue weighted by Crippen LogP contribution is -2.52. The molecular formula is C28H40N4O5. The molecule has 0 radical (unpaired) electrons. The van der Waals surface area contributed by atoms with Crippen molar-refractivity contribution in [2.45, 2.75) is 82.8 Å². The molecule has 0 aromatic rings. The summed E-state index contributed by atoms with van der Waals surface area (Å²) in [7, 11) is 0. The van der Waals surface area contributed by atoms with Gasteiger partial charge < -0.3 is 26.0 Å². The van der Waals surface area contributed by atoms with E-state index < -0.39 is 5.54 Å². The van der Waals surface area contributed by atoms with E-state index in [0.29, 0.717) is 64.5 Å². The zero-order chi connectivity index (χ0) is 27.5. The largest absolute Gasteiger partial charge is 0.463 e. The highest BCUT2D eigenvalue weighted by Gasteiger charge is 2.36. The third-order valence-electron chi connectivity index (χ3n) is 6.44. The van der Waals surface area contributed by atoms with E-state index in [1.165, 1.54) is 6.92 Å². The molecule has 1 aliphatic carbocycles. The first-order valence-electron chi connectivity index (χ1n) is 12.8. The second-order valence-corrected chi connectivity index (χ2v) is 9.30. The van der Waals surface area contributed by atoms with Gasteiger partial charge >= 0.3 is 5.97 Å². The Morgan fingerprint density at radius 2 is 1.38 bits per heavy atom. The summed E-state index contributed by atoms with van der Waals surface area (Å²) < 4.78 is 5.29. The van der Waals surface area contributed by atoms with Crippen LogP contribution in [0.5, 0.6) is 0 Å². The summed E-state index contributed by atoms with van der Waals surface area (Å²) in [6.45, 7) is 2.67. The average Bonchev–Trinajstić information content (AvgIpc) is 2.88. The van der Waals surface area contributed by atoms with Gasteiger partial charge in [-0.2, -0.15) is 0 Å². The summed E-state index contributed by atoms with van der Waals surface area (Å²) in [6, 6.07) is 0. The molecule has 1 fully saturated rings. The smallest absolute Gasteiger partial charge is 0.302 e. The molecule has 202 valence electrons. The SMILES string of the molecule is C#CCNCCCC(CCC(=O)NCC#C)(CCC(=O)NCC#C)NC(=O)C1CCC(OC(C)=O)CC1. The number of terminal acetylenes is 3. The van der Waals surface area contributed by atoms with Crippen LogP contribution in [0.1, 0.15) is 71.1 Å². The lowest BCUT2D eigenvalue weighted by atomic mass is 9.81. The van der Waals surface area contributed by atoms with Gasteiger partial charge in [-0.05, 0) is 57.9 Å². The predicted molar refractivity (Wildman–Crippen MR) is 141 cm³/mol. The lowest BCUT2D eigenvalue weighted by Gasteiger charge is -2.37. The van der Waals surface area contributed by atoms with Crippen molar-refractivity contribution in [1.82, 2.24) is 21.3 Å². The molecule has 3 amide bonds. The zero-order valence-electron chi connectivity index (χ0n) is 21.8. The van der Waals surface area contributed by atoms with E-state index in [9.17, 15) is 19.2 Å². The van der Waals surface area contributed by atoms with Gasteiger partial charge in [-0.25, -0.2) is 0 Å². The molecule has 0 atom stereocenters. The Morgan fingerprint density at radius 3 is 1.86 bits per heavy atom. The number of nitrogens with one attached hydrogen (secondary N) is 4. The van der Waals surface area contributed by atoms with E-state index >= 15 is 0 Å². The fourth-order valence-electron chi connectivity index (χ4n) is 4.50. The highest BCUT2D eigenvalue weighted by molar-refractivity contribution is 5.81. The number of carbonyl (C=O) groups excluding carboxylic acids is 4. The van der Waals surface area contributed by atoms with Crippen LogP contribution in [0.2, 0.25) is 0 Å². The normalized spacial score (nSPS) is 16.8. The topological polar surface area (TPSA) is 126 Å². The first kappa shape index (κ1) is 31.5. The molecule has 0 heterocycles. The number of hydrogen-bond donors (Lipinski definition) is 4. The van der Waals surface area contributed by atoms with Crippen molar-refractivity contribution in [1.29, 1.82) is 0 Å². The van der Waals surface area contributed by atoms with E-state index in [2.05, 4.69) is 39.0 Å². The van der Waals surface area contributed by atoms with Crippen LogP contribution in [0.3, 0.4) is 0 Å². The van der Waals surface area contributed by atoms with Crippen LogP contribution in [-0.2, 0) is 23.9 Å². The maximum absolute atomic E-state index is 13.4. The monoisotopic (exact) mass is 512 g/mol. The van der Waals surface area contributed by atoms with Gasteiger partial charge in [-0.1, -0.05) is 17.8 Å². The van der Waals surface area contributed by atoms with Gasteiger partial charge in [0.05, 0.1) is 19.6 Å². The first-order chi connectivity index (χ1) is 17.7. The number of amides is 3. The minimum atomic E-state index is -0.789. The zero-order valence-corrected chi connectivity index (χ0v) is 21.8. The summed E-state index contributed by atoms with van der Waals surface area (Å²) in [5.41, 5.74) is -0.789. The van der Waals surface area contributed by atoms with Crippen LogP contribution in [0.15, 0.2) is 0 Å². The molecule has 0 bridgehead atoms. The highest BCUT2D eigenvalue weighted by atomic mass is 16.5. The summed E-state index contributed by atoms with van der Waals surface area (Å²) in [6.07, 6.45) is 20.2. The van der Waals surface area contributed by atoms with Gasteiger partial charge in [-0.3, -0.25) is 19.2 Å². The molecule has 0 spiro atoms. The average molecular weight is 513 g/mol. The molecule has 1 saturated carbocycles. The third-order valence-corrected chi connectivity index (χ3v) is 6.44. The van der Waals surface area contributed by atoms with Gasteiger partial charge in [0.1, 0.15) is 6.10 Å². The van der Waals surface area contributed by atoms with Gasteiger partial charge in [-0.15, -0.1) is 19.3 Å². The molecule has 0 aromatic heterocycles. The van der Waals surface area contributed by atoms with Crippen LogP contribution in [0, 0.1) is 42.9 Å². The molecule has 0 saturated heterocycles. The van der Waals surface area contributed by atoms with Crippen LogP contribution in [-0.4, -0.2) is 61.5 Å². The van der Waals surface area contributed by atoms with E-state index in [0.717, 1.165) is 0 Å². The molecule has 9 nitrogen and oxygen atoms in total. The lowest BCUT2D eigenvalue weighted by molar-refractivity contribution is -0.148. The Balaban J connectivity index is 3.00. The van der Waals surface area contributed by atoms with Crippen molar-refractivity contribution in [3.8, 4) is 37.0 Å². The number of ether oxygens (including phenoxy) is 1. The molecule has 37 heavy (non-hydrogen) atoms. The van der Waals surface area contributed by atoms with Crippen molar-refractivity contribution in [3.05, 3.63) is 0 Å². The minimum absolute atomic E-state index is 0.119. The molecule has 9 heteroatoms. The maximum atomic E-state index is 13.4. The molecule has 0 aliphatic heterocycles. The molecule has 1 aliphatic rings. The molecular weight excluding hydrogens is 472 g/mol. The van der Waals surface area contributed by atoms with Crippen LogP contribution >= 0.6 is 0 Å². The van der Waals surface area contributed by atoms with Gasteiger partial charge in [0, 0.05) is 31.2 Å². The second kappa shape index (κ2) is 17.9. The van der Waals surface area contributed by atoms with Crippen LogP contribution in [0.25, 0.3) is 0 Å². The quantitative estimate of drug-likeness (QED) is 0.139. The Hall–Kier alpha value is -3.48. The van der Waals surface area contributed by atoms with Crippen molar-refractivity contribution in [2.24, 2.45) is 5.92 Å². The number of hydrogen-bond acceptors (Lipinski definition) is 6. The predicted octanol–water partition coefficient (Wildman–Crippen LogP) is 1.03. The van der Waals surface area contributed by atoms with Crippen molar-refractivity contribution < 1.29 is 23.9 Å². The van der Waals surface area contributed by atoms with Gasteiger partial charge in [0.25, 0.3) is 0 Å². The standard InChI is InChI=1S/C28H40N4O5/c1-5-18-29-21-8-15-28(16-13-25(34)30-19-6-2,17-14-26(35)31-20-7-3)32-27(36)23-9-11-24(12-10-23)37-22(4)33/h1-3,23-24,29H,8-21H2,4H3,(H,30,34)(H,31,35)(H,32,36). The number of esters is 1. The first-order valence-corrected chi connectivity index (χ1v) is 12.8. The van der Waals surface area contributed by atoms with E-state index in [-0.39, 0.29) is 61.6 Å². The van der Waals surface area contributed by atoms with Gasteiger partial charge in [0.15, 0.2) is 0 Å². The fourth-order valence-corrected chi connectivity index (χ4v) is 4.50. The molecule has 0 aromatic carbocycles. The Morgan fingerprint density at radius 1 is 0.838 bits per heavy atom. The summed E-state index contributed by atoms with van der Waals surface area (Å²) in [5.74, 6) is 6.15. The minimum Gasteiger partial charge on any atom is -0.463 e. The Kier molecular flexibility index (Phi) is 15.2. The van der Waals surface area contributed by atoms with Gasteiger partial charge in [0.2, 0.25) is 17.7 Å². The summed E-state index contributed by atoms with van der Waals surface area (Å²) in [5, 5.41) is 11.7. The van der Waals surface area contributed by atoms with Crippen molar-refractivity contribution >= 4 is 23.7 Å². The van der Waals surface area contributed by atoms with Crippen molar-refractivity contribution in [3.63, 3.8) is 0 Å². The van der Waals surface area contributed by atoms with Crippen LogP contribution in [0.4, 0.5) is 0 Å². The highest BCUT2D eigenvalue weighted by Crippen LogP contribution is 2.30. The number of rotatable bonds is 16. The Bertz CT molecular complexity index is 854. The second-order valence-electron chi connectivity index (χ2n) is 9.30. The van der Waals surface area contributed by atoms with Crippen molar-refractivity contribution in [2.75, 3.05) is 26.2 Å². The fraction of sp³-hybridized carbons (Fsp3) is 0.643.